The van der Waals surface area contributed by atoms with E-state index in [4.69, 9.17) is 9.47 Å². The Morgan fingerprint density at radius 1 is 1.14 bits per heavy atom. The van der Waals surface area contributed by atoms with Gasteiger partial charge in [0.05, 0.1) is 13.7 Å². The molecule has 154 valence electrons. The number of carbonyl (C=O) groups excluding carboxylic acids is 1. The van der Waals surface area contributed by atoms with Gasteiger partial charge in [-0.15, -0.1) is 0 Å². The lowest BCUT2D eigenvalue weighted by molar-refractivity contribution is -0.117. The molecule has 1 saturated heterocycles. The van der Waals surface area contributed by atoms with Crippen LogP contribution in [0.4, 0.5) is 0 Å². The minimum Gasteiger partial charge on any atom is -0.493 e. The van der Waals surface area contributed by atoms with Gasteiger partial charge in [0.15, 0.2) is 11.5 Å². The van der Waals surface area contributed by atoms with E-state index >= 15 is 0 Å². The Morgan fingerprint density at radius 3 is 2.59 bits per heavy atom. The average molecular weight is 395 g/mol. The lowest BCUT2D eigenvalue weighted by Crippen LogP contribution is -2.43. The van der Waals surface area contributed by atoms with Gasteiger partial charge in [-0.3, -0.25) is 9.69 Å². The van der Waals surface area contributed by atoms with Gasteiger partial charge >= 0.3 is 0 Å². The van der Waals surface area contributed by atoms with Crippen LogP contribution in [-0.4, -0.2) is 43.7 Å². The number of amides is 1. The van der Waals surface area contributed by atoms with E-state index in [0.29, 0.717) is 18.1 Å². The summed E-state index contributed by atoms with van der Waals surface area (Å²) < 4.78 is 10.9. The number of methoxy groups -OCH3 is 1. The lowest BCUT2D eigenvalue weighted by Gasteiger charge is -2.32. The van der Waals surface area contributed by atoms with E-state index in [1.54, 1.807) is 13.2 Å². The second-order valence-electron chi connectivity index (χ2n) is 7.22. The lowest BCUT2D eigenvalue weighted by atomic mass is 10.0. The highest BCUT2D eigenvalue weighted by Crippen LogP contribution is 2.28. The maximum absolute atomic E-state index is 12.3. The molecule has 0 bridgehead atoms. The van der Waals surface area contributed by atoms with E-state index in [1.807, 2.05) is 37.3 Å². The van der Waals surface area contributed by atoms with Crippen molar-refractivity contribution in [2.75, 3.05) is 26.8 Å². The van der Waals surface area contributed by atoms with Crippen molar-refractivity contribution in [3.8, 4) is 11.5 Å². The maximum Gasteiger partial charge on any atom is 0.244 e. The van der Waals surface area contributed by atoms with Crippen LogP contribution in [0.2, 0.25) is 0 Å². The van der Waals surface area contributed by atoms with Crippen molar-refractivity contribution < 1.29 is 14.3 Å². The zero-order valence-electron chi connectivity index (χ0n) is 17.3. The van der Waals surface area contributed by atoms with Crippen molar-refractivity contribution >= 4 is 12.0 Å². The summed E-state index contributed by atoms with van der Waals surface area (Å²) in [5.41, 5.74) is 2.24. The summed E-state index contributed by atoms with van der Waals surface area (Å²) in [6.07, 6.45) is 5.35. The minimum atomic E-state index is -0.0553. The molecule has 5 nitrogen and oxygen atoms in total. The van der Waals surface area contributed by atoms with Crippen molar-refractivity contribution in [1.29, 1.82) is 0 Å². The molecule has 0 unspecified atom stereocenters. The molecule has 3 rings (SSSR count). The van der Waals surface area contributed by atoms with Gasteiger partial charge in [-0.1, -0.05) is 36.4 Å². The summed E-state index contributed by atoms with van der Waals surface area (Å²) in [6.45, 7) is 5.47. The van der Waals surface area contributed by atoms with Gasteiger partial charge in [0, 0.05) is 31.8 Å². The number of hydrogen-bond acceptors (Lipinski definition) is 4. The van der Waals surface area contributed by atoms with E-state index in [9.17, 15) is 4.79 Å². The topological polar surface area (TPSA) is 50.8 Å². The third kappa shape index (κ3) is 6.36. The molecule has 0 aromatic heterocycles. The van der Waals surface area contributed by atoms with Gasteiger partial charge in [-0.05, 0) is 49.1 Å². The summed E-state index contributed by atoms with van der Waals surface area (Å²) in [5.74, 6) is 1.32. The van der Waals surface area contributed by atoms with Crippen molar-refractivity contribution in [3.05, 3.63) is 65.7 Å². The second kappa shape index (κ2) is 10.7. The molecule has 1 fully saturated rings. The van der Waals surface area contributed by atoms with Crippen LogP contribution in [0.3, 0.4) is 0 Å². The molecular weight excluding hydrogens is 364 g/mol. The Balaban J connectivity index is 1.47. The summed E-state index contributed by atoms with van der Waals surface area (Å²) in [6, 6.07) is 16.4. The Kier molecular flexibility index (Phi) is 7.70. The maximum atomic E-state index is 12.3. The van der Waals surface area contributed by atoms with Crippen LogP contribution in [0.1, 0.15) is 30.9 Å². The number of benzene rings is 2. The quantitative estimate of drug-likeness (QED) is 0.690. The minimum absolute atomic E-state index is 0.0553. The number of nitrogens with zero attached hydrogens (tertiary/aromatic N) is 1. The monoisotopic (exact) mass is 394 g/mol. The summed E-state index contributed by atoms with van der Waals surface area (Å²) in [5, 5.41) is 3.13. The summed E-state index contributed by atoms with van der Waals surface area (Å²) in [7, 11) is 1.62. The van der Waals surface area contributed by atoms with Gasteiger partial charge in [-0.2, -0.15) is 0 Å². The van der Waals surface area contributed by atoms with Gasteiger partial charge in [0.2, 0.25) is 5.91 Å². The average Bonchev–Trinajstić information content (AvgIpc) is 2.75. The Bertz CT molecular complexity index is 812. The molecule has 2 aromatic rings. The molecule has 1 heterocycles. The highest BCUT2D eigenvalue weighted by molar-refractivity contribution is 5.92. The number of likely N-dealkylation sites (tertiary alicyclic amines) is 1. The van der Waals surface area contributed by atoms with E-state index in [1.165, 1.54) is 5.56 Å². The number of hydrogen-bond donors (Lipinski definition) is 1. The first-order valence-corrected chi connectivity index (χ1v) is 10.2. The predicted molar refractivity (Wildman–Crippen MR) is 116 cm³/mol. The molecule has 1 amide bonds. The number of rotatable bonds is 8. The molecule has 0 radical (unpaired) electrons. The molecule has 0 saturated carbocycles. The Hall–Kier alpha value is -2.79. The molecule has 0 atom stereocenters. The van der Waals surface area contributed by atoms with Crippen LogP contribution in [0.15, 0.2) is 54.6 Å². The fourth-order valence-corrected chi connectivity index (χ4v) is 3.56. The predicted octanol–water partition coefficient (Wildman–Crippen LogP) is 3.89. The molecule has 1 aliphatic heterocycles. The van der Waals surface area contributed by atoms with Crippen LogP contribution in [-0.2, 0) is 11.3 Å². The second-order valence-corrected chi connectivity index (χ2v) is 7.22. The first kappa shape index (κ1) is 20.9. The van der Waals surface area contributed by atoms with Crippen molar-refractivity contribution in [2.24, 2.45) is 0 Å². The molecular formula is C24H30N2O3. The number of carbonyl (C=O) groups is 1. The van der Waals surface area contributed by atoms with Crippen molar-refractivity contribution in [2.45, 2.75) is 32.4 Å². The Morgan fingerprint density at radius 2 is 1.90 bits per heavy atom. The molecule has 0 aliphatic carbocycles. The van der Waals surface area contributed by atoms with E-state index in [0.717, 1.165) is 38.0 Å². The third-order valence-corrected chi connectivity index (χ3v) is 5.10. The van der Waals surface area contributed by atoms with Crippen LogP contribution in [0.5, 0.6) is 11.5 Å². The SMILES string of the molecule is CCOc1cc(C=CC(=O)NC2CCN(Cc3ccccc3)CC2)ccc1OC. The van der Waals surface area contributed by atoms with Crippen LogP contribution < -0.4 is 14.8 Å². The highest BCUT2D eigenvalue weighted by Gasteiger charge is 2.20. The van der Waals surface area contributed by atoms with E-state index in [2.05, 4.69) is 34.5 Å². The highest BCUT2D eigenvalue weighted by atomic mass is 16.5. The van der Waals surface area contributed by atoms with Crippen LogP contribution in [0, 0.1) is 0 Å². The smallest absolute Gasteiger partial charge is 0.244 e. The van der Waals surface area contributed by atoms with Gasteiger partial charge in [0.25, 0.3) is 0 Å². The number of nitrogens with one attached hydrogen (secondary N) is 1. The Labute approximate surface area is 173 Å². The molecule has 5 heteroatoms. The molecule has 29 heavy (non-hydrogen) atoms. The molecule has 1 N–H and O–H groups in total. The van der Waals surface area contributed by atoms with Crippen LogP contribution >= 0.6 is 0 Å². The normalized spacial score (nSPS) is 15.4. The number of piperidine rings is 1. The van der Waals surface area contributed by atoms with Crippen molar-refractivity contribution in [1.82, 2.24) is 10.2 Å². The number of ether oxygens (including phenoxy) is 2. The molecule has 0 spiro atoms. The van der Waals surface area contributed by atoms with E-state index < -0.39 is 0 Å². The fraction of sp³-hybridized carbons (Fsp3) is 0.375. The first-order valence-electron chi connectivity index (χ1n) is 10.2. The van der Waals surface area contributed by atoms with Gasteiger partial charge in [-0.25, -0.2) is 0 Å². The largest absolute Gasteiger partial charge is 0.493 e. The third-order valence-electron chi connectivity index (χ3n) is 5.10. The standard InChI is InChI=1S/C24H30N2O3/c1-3-29-23-17-19(9-11-22(23)28-2)10-12-24(27)25-21-13-15-26(16-14-21)18-20-7-5-4-6-8-20/h4-12,17,21H,3,13-16,18H2,1-2H3,(H,25,27). The van der Waals surface area contributed by atoms with Gasteiger partial charge in [0.1, 0.15) is 0 Å². The zero-order valence-corrected chi connectivity index (χ0v) is 17.3. The zero-order chi connectivity index (χ0) is 20.5. The van der Waals surface area contributed by atoms with Gasteiger partial charge < -0.3 is 14.8 Å². The van der Waals surface area contributed by atoms with Crippen molar-refractivity contribution in [3.63, 3.8) is 0 Å². The van der Waals surface area contributed by atoms with Crippen LogP contribution in [0.25, 0.3) is 6.08 Å². The summed E-state index contributed by atoms with van der Waals surface area (Å²) >= 11 is 0. The summed E-state index contributed by atoms with van der Waals surface area (Å²) in [4.78, 5) is 14.8. The fourth-order valence-electron chi connectivity index (χ4n) is 3.56. The molecule has 1 aliphatic rings. The van der Waals surface area contributed by atoms with E-state index in [-0.39, 0.29) is 11.9 Å². The first-order chi connectivity index (χ1) is 14.2. The molecule has 2 aromatic carbocycles.